The molecule has 1 aliphatic rings. The zero-order chi connectivity index (χ0) is 16.4. The maximum absolute atomic E-state index is 12.1. The lowest BCUT2D eigenvalue weighted by Gasteiger charge is -2.35. The van der Waals surface area contributed by atoms with Crippen molar-refractivity contribution in [3.63, 3.8) is 0 Å². The molecule has 2 heterocycles. The number of amides is 1. The van der Waals surface area contributed by atoms with Crippen LogP contribution in [0.1, 0.15) is 40.8 Å². The van der Waals surface area contributed by atoms with Crippen LogP contribution in [0.25, 0.3) is 0 Å². The van der Waals surface area contributed by atoms with Gasteiger partial charge in [-0.15, -0.1) is 10.2 Å². The molecular formula is C15H21N7O. The van der Waals surface area contributed by atoms with E-state index in [0.717, 1.165) is 31.0 Å². The third-order valence-corrected chi connectivity index (χ3v) is 4.14. The minimum atomic E-state index is -0.102. The number of carbonyl (C=O) groups is 1. The molecule has 1 amide bonds. The van der Waals surface area contributed by atoms with Crippen LogP contribution < -0.4 is 5.32 Å². The van der Waals surface area contributed by atoms with Crippen LogP contribution in [0.2, 0.25) is 0 Å². The molecule has 0 aliphatic heterocycles. The SMILES string of the molecule is CN(C)Cc1nnc(C2CC(NC(=O)c3ccnnc3)C2)n1C. The molecule has 0 radical (unpaired) electrons. The topological polar surface area (TPSA) is 88.8 Å². The first-order chi connectivity index (χ1) is 11.0. The van der Waals surface area contributed by atoms with E-state index in [9.17, 15) is 4.79 Å². The van der Waals surface area contributed by atoms with Crippen LogP contribution in [0.4, 0.5) is 0 Å². The summed E-state index contributed by atoms with van der Waals surface area (Å²) in [6.07, 6.45) is 4.77. The third kappa shape index (κ3) is 3.37. The van der Waals surface area contributed by atoms with Crippen LogP contribution >= 0.6 is 0 Å². The normalized spacial score (nSPS) is 20.3. The molecule has 1 fully saturated rings. The van der Waals surface area contributed by atoms with E-state index in [1.165, 1.54) is 12.4 Å². The summed E-state index contributed by atoms with van der Waals surface area (Å²) in [6, 6.07) is 1.84. The van der Waals surface area contributed by atoms with Gasteiger partial charge in [0, 0.05) is 19.0 Å². The maximum atomic E-state index is 12.1. The van der Waals surface area contributed by atoms with Crippen LogP contribution in [-0.2, 0) is 13.6 Å². The monoisotopic (exact) mass is 315 g/mol. The molecule has 8 heteroatoms. The van der Waals surface area contributed by atoms with Crippen molar-refractivity contribution in [2.75, 3.05) is 14.1 Å². The smallest absolute Gasteiger partial charge is 0.253 e. The summed E-state index contributed by atoms with van der Waals surface area (Å²) in [7, 11) is 6.02. The van der Waals surface area contributed by atoms with E-state index in [4.69, 9.17) is 0 Å². The molecule has 3 rings (SSSR count). The second-order valence-electron chi connectivity index (χ2n) is 6.24. The first-order valence-electron chi connectivity index (χ1n) is 7.65. The lowest BCUT2D eigenvalue weighted by atomic mass is 9.79. The molecule has 8 nitrogen and oxygen atoms in total. The van der Waals surface area contributed by atoms with Crippen LogP contribution in [0.15, 0.2) is 18.5 Å². The standard InChI is InChI=1S/C15H21N7O/c1-21(2)9-13-19-20-14(22(13)3)11-6-12(7-11)18-15(23)10-4-5-16-17-8-10/h4-5,8,11-12H,6-7,9H2,1-3H3,(H,18,23). The van der Waals surface area contributed by atoms with Gasteiger partial charge in [-0.2, -0.15) is 10.2 Å². The highest BCUT2D eigenvalue weighted by atomic mass is 16.1. The molecule has 0 atom stereocenters. The van der Waals surface area contributed by atoms with E-state index in [1.54, 1.807) is 6.07 Å². The van der Waals surface area contributed by atoms with Crippen molar-refractivity contribution >= 4 is 5.91 Å². The molecule has 1 saturated carbocycles. The van der Waals surface area contributed by atoms with Gasteiger partial charge in [0.25, 0.3) is 5.91 Å². The highest BCUT2D eigenvalue weighted by molar-refractivity contribution is 5.93. The Labute approximate surface area is 134 Å². The Kier molecular flexibility index (Phi) is 4.33. The van der Waals surface area contributed by atoms with E-state index < -0.39 is 0 Å². The fourth-order valence-corrected chi connectivity index (χ4v) is 2.79. The van der Waals surface area contributed by atoms with E-state index in [2.05, 4.69) is 35.2 Å². The van der Waals surface area contributed by atoms with Gasteiger partial charge in [0.15, 0.2) is 0 Å². The van der Waals surface area contributed by atoms with Gasteiger partial charge in [-0.25, -0.2) is 0 Å². The molecule has 0 unspecified atom stereocenters. The zero-order valence-electron chi connectivity index (χ0n) is 13.6. The molecule has 1 N–H and O–H groups in total. The Hall–Kier alpha value is -2.35. The number of carbonyl (C=O) groups excluding carboxylic acids is 1. The second kappa shape index (κ2) is 6.41. The molecule has 2 aromatic heterocycles. The van der Waals surface area contributed by atoms with Crippen molar-refractivity contribution in [2.45, 2.75) is 31.3 Å². The number of rotatable bonds is 5. The summed E-state index contributed by atoms with van der Waals surface area (Å²) in [6.45, 7) is 0.769. The van der Waals surface area contributed by atoms with E-state index in [-0.39, 0.29) is 11.9 Å². The van der Waals surface area contributed by atoms with Gasteiger partial charge >= 0.3 is 0 Å². The maximum Gasteiger partial charge on any atom is 0.253 e. The Balaban J connectivity index is 1.55. The predicted molar refractivity (Wildman–Crippen MR) is 83.7 cm³/mol. The summed E-state index contributed by atoms with van der Waals surface area (Å²) >= 11 is 0. The van der Waals surface area contributed by atoms with Crippen molar-refractivity contribution in [3.8, 4) is 0 Å². The highest BCUT2D eigenvalue weighted by Gasteiger charge is 2.35. The van der Waals surface area contributed by atoms with Gasteiger partial charge in [-0.1, -0.05) is 0 Å². The van der Waals surface area contributed by atoms with Gasteiger partial charge in [0.05, 0.1) is 24.5 Å². The Morgan fingerprint density at radius 3 is 2.78 bits per heavy atom. The summed E-state index contributed by atoms with van der Waals surface area (Å²) in [5.41, 5.74) is 0.537. The summed E-state index contributed by atoms with van der Waals surface area (Å²) in [5.74, 6) is 2.21. The zero-order valence-corrected chi connectivity index (χ0v) is 13.6. The molecule has 1 aliphatic carbocycles. The van der Waals surface area contributed by atoms with Crippen molar-refractivity contribution in [1.29, 1.82) is 0 Å². The minimum Gasteiger partial charge on any atom is -0.349 e. The Morgan fingerprint density at radius 1 is 1.35 bits per heavy atom. The summed E-state index contributed by atoms with van der Waals surface area (Å²) in [5, 5.41) is 19.0. The molecule has 23 heavy (non-hydrogen) atoms. The first-order valence-corrected chi connectivity index (χ1v) is 7.65. The summed E-state index contributed by atoms with van der Waals surface area (Å²) in [4.78, 5) is 14.1. The lowest BCUT2D eigenvalue weighted by molar-refractivity contribution is 0.0906. The number of nitrogens with one attached hydrogen (secondary N) is 1. The van der Waals surface area contributed by atoms with Gasteiger partial charge in [-0.3, -0.25) is 4.79 Å². The van der Waals surface area contributed by atoms with Crippen LogP contribution in [0, 0.1) is 0 Å². The van der Waals surface area contributed by atoms with Crippen molar-refractivity contribution in [3.05, 3.63) is 35.7 Å². The van der Waals surface area contributed by atoms with E-state index >= 15 is 0 Å². The van der Waals surface area contributed by atoms with E-state index in [0.29, 0.717) is 11.5 Å². The number of nitrogens with zero attached hydrogens (tertiary/aromatic N) is 6. The largest absolute Gasteiger partial charge is 0.349 e. The highest BCUT2D eigenvalue weighted by Crippen LogP contribution is 2.36. The molecule has 2 aromatic rings. The number of hydrogen-bond donors (Lipinski definition) is 1. The average Bonchev–Trinajstić information content (AvgIpc) is 2.83. The van der Waals surface area contributed by atoms with Gasteiger partial charge in [0.1, 0.15) is 11.6 Å². The second-order valence-corrected chi connectivity index (χ2v) is 6.24. The molecule has 122 valence electrons. The van der Waals surface area contributed by atoms with Crippen molar-refractivity contribution in [1.82, 2.24) is 35.2 Å². The van der Waals surface area contributed by atoms with Crippen molar-refractivity contribution in [2.24, 2.45) is 7.05 Å². The van der Waals surface area contributed by atoms with Crippen LogP contribution in [-0.4, -0.2) is 55.9 Å². The first kappa shape index (κ1) is 15.5. The Morgan fingerprint density at radius 2 is 2.13 bits per heavy atom. The third-order valence-electron chi connectivity index (χ3n) is 4.14. The lowest BCUT2D eigenvalue weighted by Crippen LogP contribution is -2.44. The predicted octanol–water partition coefficient (Wildman–Crippen LogP) is 0.343. The fourth-order valence-electron chi connectivity index (χ4n) is 2.79. The minimum absolute atomic E-state index is 0.102. The molecule has 0 saturated heterocycles. The number of aromatic nitrogens is 5. The molecule has 0 aromatic carbocycles. The quantitative estimate of drug-likeness (QED) is 0.856. The van der Waals surface area contributed by atoms with Crippen molar-refractivity contribution < 1.29 is 4.79 Å². The van der Waals surface area contributed by atoms with Gasteiger partial charge in [-0.05, 0) is 33.0 Å². The molecular weight excluding hydrogens is 294 g/mol. The van der Waals surface area contributed by atoms with E-state index in [1.807, 2.05) is 21.1 Å². The average molecular weight is 315 g/mol. The number of hydrogen-bond acceptors (Lipinski definition) is 6. The molecule has 0 spiro atoms. The fraction of sp³-hybridized carbons (Fsp3) is 0.533. The van der Waals surface area contributed by atoms with Gasteiger partial charge < -0.3 is 14.8 Å². The Bertz CT molecular complexity index is 676. The van der Waals surface area contributed by atoms with Crippen LogP contribution in [0.3, 0.4) is 0 Å². The van der Waals surface area contributed by atoms with Gasteiger partial charge in [0.2, 0.25) is 0 Å². The van der Waals surface area contributed by atoms with Crippen LogP contribution in [0.5, 0.6) is 0 Å². The molecule has 0 bridgehead atoms. The summed E-state index contributed by atoms with van der Waals surface area (Å²) < 4.78 is 2.06.